The smallest absolute Gasteiger partial charge is 0.268 e. The summed E-state index contributed by atoms with van der Waals surface area (Å²) in [4.78, 5) is 11.0. The van der Waals surface area contributed by atoms with E-state index in [0.717, 1.165) is 23.2 Å². The molecule has 0 fully saturated rings. The summed E-state index contributed by atoms with van der Waals surface area (Å²) in [7, 11) is 2.24. The Morgan fingerprint density at radius 1 is 0.882 bits per heavy atom. The minimum atomic E-state index is -3.35. The second-order valence-electron chi connectivity index (χ2n) is 8.08. The van der Waals surface area contributed by atoms with Gasteiger partial charge in [-0.3, -0.25) is 4.98 Å². The molecule has 0 aliphatic rings. The summed E-state index contributed by atoms with van der Waals surface area (Å²) >= 11 is 0. The first-order valence-corrected chi connectivity index (χ1v) is 12.4. The van der Waals surface area contributed by atoms with Crippen molar-refractivity contribution in [2.24, 2.45) is 0 Å². The van der Waals surface area contributed by atoms with Crippen LogP contribution in [0.15, 0.2) is 70.2 Å². The Balaban J connectivity index is 1.54. The molecule has 0 amide bonds. The molecular formula is C24H26N6O3S. The number of rotatable bonds is 9. The molecule has 0 radical (unpaired) electrons. The van der Waals surface area contributed by atoms with Gasteiger partial charge in [-0.05, 0) is 51.0 Å². The monoisotopic (exact) mass is 478 g/mol. The fraction of sp³-hybridized carbons (Fsp3) is 0.250. The average molecular weight is 479 g/mol. The molecule has 0 spiro atoms. The van der Waals surface area contributed by atoms with Gasteiger partial charge in [0.2, 0.25) is 5.89 Å². The second kappa shape index (κ2) is 10.2. The number of sulfone groups is 1. The fourth-order valence-electron chi connectivity index (χ4n) is 3.27. The first-order chi connectivity index (χ1) is 16.4. The highest BCUT2D eigenvalue weighted by Gasteiger charge is 2.16. The van der Waals surface area contributed by atoms with Gasteiger partial charge in [0.25, 0.3) is 5.89 Å². The van der Waals surface area contributed by atoms with E-state index in [4.69, 9.17) is 4.42 Å². The molecule has 0 saturated heterocycles. The molecule has 0 bridgehead atoms. The minimum absolute atomic E-state index is 0.0619. The maximum Gasteiger partial charge on any atom is 0.268 e. The molecule has 9 nitrogen and oxygen atoms in total. The molecule has 1 N–H and O–H groups in total. The number of hydrogen-bond donors (Lipinski definition) is 1. The molecule has 2 aromatic carbocycles. The Hall–Kier alpha value is -3.47. The molecule has 0 aliphatic carbocycles. The van der Waals surface area contributed by atoms with E-state index in [1.807, 2.05) is 50.3 Å². The summed E-state index contributed by atoms with van der Waals surface area (Å²) in [6.07, 6.45) is 3.16. The Morgan fingerprint density at radius 3 is 2.21 bits per heavy atom. The highest BCUT2D eigenvalue weighted by Crippen LogP contribution is 2.25. The third kappa shape index (κ3) is 5.53. The Kier molecular flexibility index (Phi) is 7.11. The largest absolute Gasteiger partial charge is 0.415 e. The van der Waals surface area contributed by atoms with Gasteiger partial charge in [0.05, 0.1) is 28.7 Å². The van der Waals surface area contributed by atoms with Crippen molar-refractivity contribution in [1.29, 1.82) is 0 Å². The topological polar surface area (TPSA) is 114 Å². The molecule has 2 heterocycles. The summed E-state index contributed by atoms with van der Waals surface area (Å²) in [5.74, 6) is 0.712. The van der Waals surface area contributed by atoms with Crippen LogP contribution in [0.4, 0.5) is 0 Å². The zero-order valence-electron chi connectivity index (χ0n) is 19.3. The Morgan fingerprint density at radius 2 is 1.53 bits per heavy atom. The van der Waals surface area contributed by atoms with E-state index in [1.54, 1.807) is 36.7 Å². The molecule has 34 heavy (non-hydrogen) atoms. The lowest BCUT2D eigenvalue weighted by molar-refractivity contribution is 0.432. The van der Waals surface area contributed by atoms with Gasteiger partial charge < -0.3 is 14.6 Å². The second-order valence-corrected chi connectivity index (χ2v) is 10.2. The van der Waals surface area contributed by atoms with E-state index >= 15 is 0 Å². The third-order valence-electron chi connectivity index (χ3n) is 5.18. The average Bonchev–Trinajstić information content (AvgIpc) is 3.34. The van der Waals surface area contributed by atoms with Gasteiger partial charge in [0.1, 0.15) is 5.69 Å². The molecule has 0 saturated carbocycles. The lowest BCUT2D eigenvalue weighted by Crippen LogP contribution is -2.21. The standard InChI is InChI=1S/C24H26N6O3S/c1-25-14-17-4-6-19(7-5-17)23-28-29-24(33-23)22-16-26-15-21(27-22)18-8-10-20(11-9-18)34(31,32)13-12-30(2)3/h4-11,15-16,25H,12-14H2,1-3H3. The molecule has 176 valence electrons. The maximum absolute atomic E-state index is 12.5. The lowest BCUT2D eigenvalue weighted by atomic mass is 10.1. The number of aromatic nitrogens is 4. The van der Waals surface area contributed by atoms with E-state index < -0.39 is 9.84 Å². The van der Waals surface area contributed by atoms with Crippen LogP contribution in [0.5, 0.6) is 0 Å². The van der Waals surface area contributed by atoms with Crippen LogP contribution >= 0.6 is 0 Å². The Bertz CT molecular complexity index is 1350. The zero-order valence-corrected chi connectivity index (χ0v) is 20.1. The van der Waals surface area contributed by atoms with Gasteiger partial charge in [-0.2, -0.15) is 0 Å². The molecule has 2 aromatic heterocycles. The number of hydrogen-bond acceptors (Lipinski definition) is 9. The van der Waals surface area contributed by atoms with Gasteiger partial charge in [-0.25, -0.2) is 13.4 Å². The van der Waals surface area contributed by atoms with Gasteiger partial charge in [-0.15, -0.1) is 10.2 Å². The van der Waals surface area contributed by atoms with Crippen LogP contribution in [0.2, 0.25) is 0 Å². The van der Waals surface area contributed by atoms with Crippen molar-refractivity contribution in [3.63, 3.8) is 0 Å². The van der Waals surface area contributed by atoms with Gasteiger partial charge in [0.15, 0.2) is 9.84 Å². The van der Waals surface area contributed by atoms with Crippen molar-refractivity contribution in [3.05, 3.63) is 66.5 Å². The van der Waals surface area contributed by atoms with Crippen molar-refractivity contribution in [2.45, 2.75) is 11.4 Å². The first-order valence-electron chi connectivity index (χ1n) is 10.7. The predicted octanol–water partition coefficient (Wildman–Crippen LogP) is 2.92. The van der Waals surface area contributed by atoms with Crippen LogP contribution in [-0.2, 0) is 16.4 Å². The van der Waals surface area contributed by atoms with E-state index in [-0.39, 0.29) is 16.5 Å². The highest BCUT2D eigenvalue weighted by atomic mass is 32.2. The maximum atomic E-state index is 12.5. The van der Waals surface area contributed by atoms with Crippen molar-refractivity contribution in [1.82, 2.24) is 30.4 Å². The van der Waals surface area contributed by atoms with Gasteiger partial charge >= 0.3 is 0 Å². The van der Waals surface area contributed by atoms with Crippen LogP contribution < -0.4 is 5.32 Å². The predicted molar refractivity (Wildman–Crippen MR) is 130 cm³/mol. The Labute approximate surface area is 198 Å². The van der Waals surface area contributed by atoms with Gasteiger partial charge in [0, 0.05) is 24.2 Å². The van der Waals surface area contributed by atoms with Crippen LogP contribution in [0.3, 0.4) is 0 Å². The number of benzene rings is 2. The summed E-state index contributed by atoms with van der Waals surface area (Å²) in [6.45, 7) is 1.24. The van der Waals surface area contributed by atoms with E-state index in [1.165, 1.54) is 0 Å². The fourth-order valence-corrected chi connectivity index (χ4v) is 4.67. The third-order valence-corrected chi connectivity index (χ3v) is 6.89. The minimum Gasteiger partial charge on any atom is -0.415 e. The highest BCUT2D eigenvalue weighted by molar-refractivity contribution is 7.91. The van der Waals surface area contributed by atoms with Crippen molar-refractivity contribution >= 4 is 9.84 Å². The van der Waals surface area contributed by atoms with Crippen LogP contribution in [0.1, 0.15) is 5.56 Å². The number of nitrogens with one attached hydrogen (secondary N) is 1. The van der Waals surface area contributed by atoms with Crippen molar-refractivity contribution < 1.29 is 12.8 Å². The summed E-state index contributed by atoms with van der Waals surface area (Å²) in [5.41, 5.74) is 3.72. The van der Waals surface area contributed by atoms with Crippen LogP contribution in [-0.4, -0.2) is 66.9 Å². The normalized spacial score (nSPS) is 11.8. The van der Waals surface area contributed by atoms with E-state index in [9.17, 15) is 8.42 Å². The molecule has 10 heteroatoms. The van der Waals surface area contributed by atoms with Crippen LogP contribution in [0.25, 0.3) is 34.3 Å². The van der Waals surface area contributed by atoms with Crippen LogP contribution in [0, 0.1) is 0 Å². The lowest BCUT2D eigenvalue weighted by Gasteiger charge is -2.10. The summed E-state index contributed by atoms with van der Waals surface area (Å²) in [5, 5.41) is 11.4. The molecule has 4 aromatic rings. The molecular weight excluding hydrogens is 452 g/mol. The quantitative estimate of drug-likeness (QED) is 0.388. The molecule has 0 aliphatic heterocycles. The summed E-state index contributed by atoms with van der Waals surface area (Å²) in [6, 6.07) is 14.5. The number of nitrogens with zero attached hydrogens (tertiary/aromatic N) is 5. The van der Waals surface area contributed by atoms with Crippen molar-refractivity contribution in [3.8, 4) is 34.3 Å². The SMILES string of the molecule is CNCc1ccc(-c2nnc(-c3cncc(-c4ccc(S(=O)(=O)CCN(C)C)cc4)n3)o2)cc1. The molecule has 0 unspecified atom stereocenters. The molecule has 0 atom stereocenters. The van der Waals surface area contributed by atoms with Gasteiger partial charge in [-0.1, -0.05) is 24.3 Å². The first kappa shape index (κ1) is 23.7. The molecule has 4 rings (SSSR count). The van der Waals surface area contributed by atoms with E-state index in [2.05, 4.69) is 25.5 Å². The van der Waals surface area contributed by atoms with E-state index in [0.29, 0.717) is 23.8 Å². The van der Waals surface area contributed by atoms with Crippen molar-refractivity contribution in [2.75, 3.05) is 33.4 Å². The summed E-state index contributed by atoms with van der Waals surface area (Å²) < 4.78 is 30.9. The zero-order chi connectivity index (χ0) is 24.1.